The van der Waals surface area contributed by atoms with Gasteiger partial charge in [-0.3, -0.25) is 9.69 Å². The van der Waals surface area contributed by atoms with Crippen molar-refractivity contribution in [2.45, 2.75) is 18.5 Å². The van der Waals surface area contributed by atoms with Crippen LogP contribution in [0.5, 0.6) is 5.75 Å². The number of methoxy groups -OCH3 is 2. The van der Waals surface area contributed by atoms with Gasteiger partial charge in [0.25, 0.3) is 5.91 Å². The zero-order valence-electron chi connectivity index (χ0n) is 16.2. The summed E-state index contributed by atoms with van der Waals surface area (Å²) in [6.45, 7) is -0.0375. The Kier molecular flexibility index (Phi) is 5.51. The number of carbonyl (C=O) groups excluding carboxylic acids is 1. The number of amides is 1. The molecule has 150 valence electrons. The standard InChI is InChI=1S/C21H21ClN4O3/c1-28-12-20(27)25-18(14-3-7-16(22)8-4-14)11-19(26-21(25)23-13-24-26)15-5-9-17(29-2)10-6-15/h3-10,13,18-19H,11-12H2,1-2H3/t18-,19+/m0/s1. The molecule has 0 aliphatic carbocycles. The van der Waals surface area contributed by atoms with E-state index in [-0.39, 0.29) is 24.6 Å². The van der Waals surface area contributed by atoms with Crippen molar-refractivity contribution in [3.05, 3.63) is 71.0 Å². The highest BCUT2D eigenvalue weighted by Crippen LogP contribution is 2.42. The van der Waals surface area contributed by atoms with Crippen LogP contribution in [0.25, 0.3) is 0 Å². The third kappa shape index (κ3) is 3.71. The Morgan fingerprint density at radius 2 is 1.72 bits per heavy atom. The molecule has 1 aliphatic rings. The topological polar surface area (TPSA) is 69.5 Å². The maximum atomic E-state index is 12.9. The van der Waals surface area contributed by atoms with Gasteiger partial charge in [0.2, 0.25) is 5.95 Å². The number of nitrogens with zero attached hydrogens (tertiary/aromatic N) is 4. The number of hydrogen-bond acceptors (Lipinski definition) is 5. The fourth-order valence-electron chi connectivity index (χ4n) is 3.74. The van der Waals surface area contributed by atoms with Crippen molar-refractivity contribution in [2.75, 3.05) is 25.7 Å². The molecule has 0 radical (unpaired) electrons. The molecule has 0 saturated carbocycles. The molecule has 2 heterocycles. The van der Waals surface area contributed by atoms with Crippen LogP contribution in [0.2, 0.25) is 5.02 Å². The number of ether oxygens (including phenoxy) is 2. The van der Waals surface area contributed by atoms with Crippen molar-refractivity contribution in [2.24, 2.45) is 0 Å². The Bertz CT molecular complexity index is 988. The number of hydrogen-bond donors (Lipinski definition) is 0. The highest BCUT2D eigenvalue weighted by molar-refractivity contribution is 6.30. The second-order valence-electron chi connectivity index (χ2n) is 6.79. The minimum absolute atomic E-state index is 0.0375. The molecule has 1 aliphatic heterocycles. The quantitative estimate of drug-likeness (QED) is 0.639. The first-order valence-corrected chi connectivity index (χ1v) is 9.60. The van der Waals surface area contributed by atoms with Gasteiger partial charge < -0.3 is 9.47 Å². The van der Waals surface area contributed by atoms with Gasteiger partial charge in [-0.1, -0.05) is 35.9 Å². The van der Waals surface area contributed by atoms with E-state index >= 15 is 0 Å². The van der Waals surface area contributed by atoms with Gasteiger partial charge in [0.1, 0.15) is 18.7 Å². The summed E-state index contributed by atoms with van der Waals surface area (Å²) in [5.41, 5.74) is 2.04. The van der Waals surface area contributed by atoms with Gasteiger partial charge in [-0.05, 0) is 41.8 Å². The normalized spacial score (nSPS) is 18.4. The highest BCUT2D eigenvalue weighted by Gasteiger charge is 2.39. The SMILES string of the molecule is COCC(=O)N1c2ncnn2[C@@H](c2ccc(OC)cc2)C[C@H]1c1ccc(Cl)cc1. The van der Waals surface area contributed by atoms with Crippen LogP contribution in [-0.2, 0) is 9.53 Å². The molecular formula is C21H21ClN4O3. The van der Waals surface area contributed by atoms with Gasteiger partial charge in [-0.2, -0.15) is 10.1 Å². The predicted octanol–water partition coefficient (Wildman–Crippen LogP) is 3.65. The van der Waals surface area contributed by atoms with Gasteiger partial charge in [0.15, 0.2) is 0 Å². The summed E-state index contributed by atoms with van der Waals surface area (Å²) in [6.07, 6.45) is 2.11. The van der Waals surface area contributed by atoms with Crippen LogP contribution in [0, 0.1) is 0 Å². The summed E-state index contributed by atoms with van der Waals surface area (Å²) in [6, 6.07) is 15.1. The summed E-state index contributed by atoms with van der Waals surface area (Å²) in [7, 11) is 3.14. The Morgan fingerprint density at radius 3 is 2.38 bits per heavy atom. The molecule has 0 unspecified atom stereocenters. The molecular weight excluding hydrogens is 392 g/mol. The minimum Gasteiger partial charge on any atom is -0.497 e. The molecule has 4 rings (SSSR count). The summed E-state index contributed by atoms with van der Waals surface area (Å²) in [5.74, 6) is 1.11. The van der Waals surface area contributed by atoms with E-state index in [1.165, 1.54) is 13.4 Å². The largest absolute Gasteiger partial charge is 0.497 e. The lowest BCUT2D eigenvalue weighted by atomic mass is 9.92. The maximum Gasteiger partial charge on any atom is 0.255 e. The Morgan fingerprint density at radius 1 is 1.07 bits per heavy atom. The lowest BCUT2D eigenvalue weighted by Gasteiger charge is -2.39. The minimum atomic E-state index is -0.223. The van der Waals surface area contributed by atoms with Crippen LogP contribution in [0.4, 0.5) is 5.95 Å². The smallest absolute Gasteiger partial charge is 0.255 e. The highest BCUT2D eigenvalue weighted by atomic mass is 35.5. The molecule has 0 saturated heterocycles. The second-order valence-corrected chi connectivity index (χ2v) is 7.23. The van der Waals surface area contributed by atoms with E-state index in [0.717, 1.165) is 16.9 Å². The van der Waals surface area contributed by atoms with E-state index in [2.05, 4.69) is 10.1 Å². The summed E-state index contributed by atoms with van der Waals surface area (Å²) in [4.78, 5) is 19.0. The number of halogens is 1. The number of aromatic nitrogens is 3. The number of rotatable bonds is 5. The first kappa shape index (κ1) is 19.4. The third-order valence-electron chi connectivity index (χ3n) is 5.11. The number of carbonyl (C=O) groups is 1. The predicted molar refractivity (Wildman–Crippen MR) is 109 cm³/mol. The average molecular weight is 413 g/mol. The van der Waals surface area contributed by atoms with E-state index in [1.54, 1.807) is 16.7 Å². The number of fused-ring (bicyclic) bond motifs is 1. The van der Waals surface area contributed by atoms with Crippen LogP contribution in [0.3, 0.4) is 0 Å². The van der Waals surface area contributed by atoms with Crippen molar-refractivity contribution in [1.29, 1.82) is 0 Å². The molecule has 0 bridgehead atoms. The molecule has 8 heteroatoms. The first-order valence-electron chi connectivity index (χ1n) is 9.22. The van der Waals surface area contributed by atoms with Crippen LogP contribution in [0.1, 0.15) is 29.6 Å². The molecule has 2 aromatic carbocycles. The molecule has 0 spiro atoms. The second kappa shape index (κ2) is 8.23. The van der Waals surface area contributed by atoms with E-state index in [0.29, 0.717) is 17.4 Å². The van der Waals surface area contributed by atoms with E-state index < -0.39 is 0 Å². The van der Waals surface area contributed by atoms with Gasteiger partial charge in [-0.25, -0.2) is 4.68 Å². The lowest BCUT2D eigenvalue weighted by molar-refractivity contribution is -0.123. The number of benzene rings is 2. The number of anilines is 1. The van der Waals surface area contributed by atoms with Crippen molar-refractivity contribution in [1.82, 2.24) is 14.8 Å². The fourth-order valence-corrected chi connectivity index (χ4v) is 3.87. The Labute approximate surface area is 173 Å². The van der Waals surface area contributed by atoms with Crippen LogP contribution in [-0.4, -0.2) is 41.5 Å². The average Bonchev–Trinajstić information content (AvgIpc) is 3.23. The van der Waals surface area contributed by atoms with Crippen LogP contribution < -0.4 is 9.64 Å². The molecule has 3 aromatic rings. The Hall–Kier alpha value is -2.90. The molecule has 0 fully saturated rings. The van der Waals surface area contributed by atoms with E-state index in [4.69, 9.17) is 21.1 Å². The molecule has 2 atom stereocenters. The van der Waals surface area contributed by atoms with E-state index in [9.17, 15) is 4.79 Å². The lowest BCUT2D eigenvalue weighted by Crippen LogP contribution is -2.44. The zero-order valence-corrected chi connectivity index (χ0v) is 16.9. The molecule has 1 aromatic heterocycles. The van der Waals surface area contributed by atoms with Crippen LogP contribution in [0.15, 0.2) is 54.9 Å². The fraction of sp³-hybridized carbons (Fsp3) is 0.286. The monoisotopic (exact) mass is 412 g/mol. The van der Waals surface area contributed by atoms with E-state index in [1.807, 2.05) is 48.5 Å². The van der Waals surface area contributed by atoms with Crippen molar-refractivity contribution < 1.29 is 14.3 Å². The zero-order chi connectivity index (χ0) is 20.4. The summed E-state index contributed by atoms with van der Waals surface area (Å²) >= 11 is 6.08. The molecule has 1 amide bonds. The first-order chi connectivity index (χ1) is 14.1. The molecule has 7 nitrogen and oxygen atoms in total. The third-order valence-corrected chi connectivity index (χ3v) is 5.37. The molecule has 29 heavy (non-hydrogen) atoms. The van der Waals surface area contributed by atoms with Gasteiger partial charge in [-0.15, -0.1) is 0 Å². The van der Waals surface area contributed by atoms with Crippen molar-refractivity contribution >= 4 is 23.5 Å². The van der Waals surface area contributed by atoms with Gasteiger partial charge in [0.05, 0.1) is 19.2 Å². The van der Waals surface area contributed by atoms with Crippen molar-refractivity contribution in [3.63, 3.8) is 0 Å². The van der Waals surface area contributed by atoms with Gasteiger partial charge in [0, 0.05) is 12.1 Å². The van der Waals surface area contributed by atoms with Gasteiger partial charge >= 0.3 is 0 Å². The van der Waals surface area contributed by atoms with Crippen molar-refractivity contribution in [3.8, 4) is 5.75 Å². The summed E-state index contributed by atoms with van der Waals surface area (Å²) < 4.78 is 12.2. The molecule has 0 N–H and O–H groups in total. The summed E-state index contributed by atoms with van der Waals surface area (Å²) in [5, 5.41) is 5.06. The Balaban J connectivity index is 1.79. The maximum absolute atomic E-state index is 12.9. The van der Waals surface area contributed by atoms with Crippen LogP contribution >= 0.6 is 11.6 Å².